The molecule has 0 aliphatic rings. The van der Waals surface area contributed by atoms with Crippen molar-refractivity contribution in [3.8, 4) is 17.2 Å². The van der Waals surface area contributed by atoms with Gasteiger partial charge in [-0.05, 0) is 36.2 Å². The molecule has 27 heavy (non-hydrogen) atoms. The minimum Gasteiger partial charge on any atom is -0.493 e. The van der Waals surface area contributed by atoms with Gasteiger partial charge in [-0.1, -0.05) is 29.8 Å². The molecular weight excluding hydrogens is 366 g/mol. The van der Waals surface area contributed by atoms with E-state index in [2.05, 4.69) is 15.6 Å². The molecule has 2 aromatic carbocycles. The minimum atomic E-state index is 0.453. The summed E-state index contributed by atoms with van der Waals surface area (Å²) in [5, 5.41) is 7.25. The first-order valence-electron chi connectivity index (χ1n) is 8.67. The number of nitrogens with one attached hydrogen (secondary N) is 2. The Morgan fingerprint density at radius 3 is 2.22 bits per heavy atom. The first-order chi connectivity index (χ1) is 13.1. The Bertz CT molecular complexity index is 756. The Labute approximate surface area is 165 Å². The number of hydrogen-bond donors (Lipinski definition) is 2. The zero-order valence-electron chi connectivity index (χ0n) is 16.1. The SMILES string of the molecule is CCNC(=NCc1cc(OC)c(OC)c(OC)c1)NCc1ccccc1Cl. The Morgan fingerprint density at radius 2 is 1.67 bits per heavy atom. The molecule has 0 spiro atoms. The molecule has 0 saturated carbocycles. The topological polar surface area (TPSA) is 64.1 Å². The van der Waals surface area contributed by atoms with E-state index in [-0.39, 0.29) is 0 Å². The Morgan fingerprint density at radius 1 is 1.00 bits per heavy atom. The van der Waals surface area contributed by atoms with Crippen LogP contribution in [-0.4, -0.2) is 33.8 Å². The number of ether oxygens (including phenoxy) is 3. The molecule has 0 aliphatic heterocycles. The molecule has 2 aromatic rings. The summed E-state index contributed by atoms with van der Waals surface area (Å²) in [6.07, 6.45) is 0. The second-order valence-corrected chi connectivity index (χ2v) is 6.08. The summed E-state index contributed by atoms with van der Waals surface area (Å²) in [6.45, 7) is 3.81. The normalized spacial score (nSPS) is 11.1. The van der Waals surface area contributed by atoms with Gasteiger partial charge >= 0.3 is 0 Å². The fraction of sp³-hybridized carbons (Fsp3) is 0.350. The molecule has 0 aliphatic carbocycles. The fourth-order valence-electron chi connectivity index (χ4n) is 2.56. The number of aliphatic imine (C=N–C) groups is 1. The highest BCUT2D eigenvalue weighted by atomic mass is 35.5. The van der Waals surface area contributed by atoms with Crippen LogP contribution in [0.1, 0.15) is 18.1 Å². The number of rotatable bonds is 8. The zero-order chi connectivity index (χ0) is 19.6. The smallest absolute Gasteiger partial charge is 0.203 e. The van der Waals surface area contributed by atoms with Gasteiger partial charge in [-0.15, -0.1) is 0 Å². The third-order valence-electron chi connectivity index (χ3n) is 3.89. The van der Waals surface area contributed by atoms with Crippen LogP contribution in [0.25, 0.3) is 0 Å². The largest absolute Gasteiger partial charge is 0.493 e. The monoisotopic (exact) mass is 391 g/mol. The summed E-state index contributed by atoms with van der Waals surface area (Å²) in [4.78, 5) is 4.63. The van der Waals surface area contributed by atoms with Gasteiger partial charge in [0.2, 0.25) is 5.75 Å². The van der Waals surface area contributed by atoms with E-state index in [9.17, 15) is 0 Å². The molecule has 0 heterocycles. The van der Waals surface area contributed by atoms with Crippen molar-refractivity contribution < 1.29 is 14.2 Å². The first kappa shape index (κ1) is 20.7. The Hall–Kier alpha value is -2.60. The van der Waals surface area contributed by atoms with E-state index in [4.69, 9.17) is 25.8 Å². The highest BCUT2D eigenvalue weighted by Crippen LogP contribution is 2.38. The molecule has 0 radical (unpaired) electrons. The van der Waals surface area contributed by atoms with Gasteiger partial charge < -0.3 is 24.8 Å². The van der Waals surface area contributed by atoms with Gasteiger partial charge in [0.1, 0.15) is 0 Å². The maximum Gasteiger partial charge on any atom is 0.203 e. The van der Waals surface area contributed by atoms with Crippen molar-refractivity contribution in [1.82, 2.24) is 10.6 Å². The molecule has 0 bridgehead atoms. The van der Waals surface area contributed by atoms with Crippen LogP contribution < -0.4 is 24.8 Å². The lowest BCUT2D eigenvalue weighted by Crippen LogP contribution is -2.36. The lowest BCUT2D eigenvalue weighted by Gasteiger charge is -2.14. The van der Waals surface area contributed by atoms with E-state index in [1.54, 1.807) is 21.3 Å². The van der Waals surface area contributed by atoms with E-state index >= 15 is 0 Å². The molecule has 2 N–H and O–H groups in total. The lowest BCUT2D eigenvalue weighted by molar-refractivity contribution is 0.324. The predicted molar refractivity (Wildman–Crippen MR) is 109 cm³/mol. The number of halogens is 1. The molecule has 7 heteroatoms. The van der Waals surface area contributed by atoms with Crippen LogP contribution >= 0.6 is 11.6 Å². The van der Waals surface area contributed by atoms with Crippen LogP contribution in [0.2, 0.25) is 5.02 Å². The highest BCUT2D eigenvalue weighted by molar-refractivity contribution is 6.31. The number of hydrogen-bond acceptors (Lipinski definition) is 4. The summed E-state index contributed by atoms with van der Waals surface area (Å²) in [5.74, 6) is 2.48. The van der Waals surface area contributed by atoms with Crippen LogP contribution in [0.4, 0.5) is 0 Å². The Kier molecular flexibility index (Phi) is 8.07. The third kappa shape index (κ3) is 5.69. The molecule has 146 valence electrons. The number of benzene rings is 2. The maximum absolute atomic E-state index is 6.21. The van der Waals surface area contributed by atoms with Gasteiger partial charge in [0.25, 0.3) is 0 Å². The van der Waals surface area contributed by atoms with E-state index in [1.807, 2.05) is 43.3 Å². The van der Waals surface area contributed by atoms with Crippen LogP contribution in [0.5, 0.6) is 17.2 Å². The molecule has 0 amide bonds. The van der Waals surface area contributed by atoms with Crippen LogP contribution in [0.3, 0.4) is 0 Å². The van der Waals surface area contributed by atoms with Crippen LogP contribution in [-0.2, 0) is 13.1 Å². The van der Waals surface area contributed by atoms with Crippen molar-refractivity contribution in [1.29, 1.82) is 0 Å². The molecule has 0 unspecified atom stereocenters. The van der Waals surface area contributed by atoms with Gasteiger partial charge in [-0.3, -0.25) is 0 Å². The van der Waals surface area contributed by atoms with Crippen molar-refractivity contribution in [3.05, 3.63) is 52.5 Å². The van der Waals surface area contributed by atoms with Gasteiger partial charge in [-0.25, -0.2) is 4.99 Å². The number of nitrogens with zero attached hydrogens (tertiary/aromatic N) is 1. The van der Waals surface area contributed by atoms with Gasteiger partial charge in [-0.2, -0.15) is 0 Å². The van der Waals surface area contributed by atoms with Gasteiger partial charge in [0.05, 0.1) is 27.9 Å². The molecular formula is C20H26ClN3O3. The fourth-order valence-corrected chi connectivity index (χ4v) is 2.76. The van der Waals surface area contributed by atoms with E-state index in [1.165, 1.54) is 0 Å². The second-order valence-electron chi connectivity index (χ2n) is 5.67. The van der Waals surface area contributed by atoms with E-state index in [0.717, 1.165) is 22.7 Å². The molecule has 0 saturated heterocycles. The summed E-state index contributed by atoms with van der Waals surface area (Å²) in [5.41, 5.74) is 1.96. The molecule has 6 nitrogen and oxygen atoms in total. The standard InChI is InChI=1S/C20H26ClN3O3/c1-5-22-20(24-13-15-8-6-7-9-16(15)21)23-12-14-10-17(25-2)19(27-4)18(11-14)26-3/h6-11H,5,12-13H2,1-4H3,(H2,22,23,24). The van der Waals surface area contributed by atoms with E-state index in [0.29, 0.717) is 36.3 Å². The van der Waals surface area contributed by atoms with Crippen LogP contribution in [0.15, 0.2) is 41.4 Å². The Balaban J connectivity index is 2.15. The average Bonchev–Trinajstić information content (AvgIpc) is 2.70. The van der Waals surface area contributed by atoms with Crippen molar-refractivity contribution in [3.63, 3.8) is 0 Å². The van der Waals surface area contributed by atoms with E-state index < -0.39 is 0 Å². The molecule has 0 atom stereocenters. The lowest BCUT2D eigenvalue weighted by atomic mass is 10.2. The van der Waals surface area contributed by atoms with Crippen molar-refractivity contribution in [2.45, 2.75) is 20.0 Å². The summed E-state index contributed by atoms with van der Waals surface area (Å²) < 4.78 is 16.1. The third-order valence-corrected chi connectivity index (χ3v) is 4.26. The number of methoxy groups -OCH3 is 3. The quantitative estimate of drug-likeness (QED) is 0.531. The van der Waals surface area contributed by atoms with Crippen molar-refractivity contribution in [2.24, 2.45) is 4.99 Å². The minimum absolute atomic E-state index is 0.453. The van der Waals surface area contributed by atoms with Gasteiger partial charge in [0.15, 0.2) is 17.5 Å². The first-order valence-corrected chi connectivity index (χ1v) is 9.05. The summed E-state index contributed by atoms with van der Waals surface area (Å²) in [7, 11) is 4.78. The number of guanidine groups is 1. The van der Waals surface area contributed by atoms with Crippen molar-refractivity contribution in [2.75, 3.05) is 27.9 Å². The molecule has 0 aromatic heterocycles. The molecule has 0 fully saturated rings. The summed E-state index contributed by atoms with van der Waals surface area (Å²) >= 11 is 6.21. The average molecular weight is 392 g/mol. The zero-order valence-corrected chi connectivity index (χ0v) is 16.9. The summed E-state index contributed by atoms with van der Waals surface area (Å²) in [6, 6.07) is 11.5. The van der Waals surface area contributed by atoms with Gasteiger partial charge in [0, 0.05) is 18.1 Å². The van der Waals surface area contributed by atoms with Crippen LogP contribution in [0, 0.1) is 0 Å². The second kappa shape index (κ2) is 10.5. The molecule has 2 rings (SSSR count). The van der Waals surface area contributed by atoms with Crippen molar-refractivity contribution >= 4 is 17.6 Å². The predicted octanol–water partition coefficient (Wildman–Crippen LogP) is 3.62. The highest BCUT2D eigenvalue weighted by Gasteiger charge is 2.13. The maximum atomic E-state index is 6.21.